The van der Waals surface area contributed by atoms with Crippen LogP contribution in [0.4, 0.5) is 0 Å². The van der Waals surface area contributed by atoms with Crippen LogP contribution in [-0.4, -0.2) is 37.8 Å². The van der Waals surface area contributed by atoms with Crippen LogP contribution in [0.5, 0.6) is 5.75 Å². The minimum absolute atomic E-state index is 0.00981. The Morgan fingerprint density at radius 3 is 2.96 bits per heavy atom. The molecule has 2 rings (SSSR count). The Morgan fingerprint density at radius 1 is 1.39 bits per heavy atom. The average molecular weight is 318 g/mol. The Morgan fingerprint density at radius 2 is 2.22 bits per heavy atom. The molecule has 0 saturated carbocycles. The second-order valence-corrected chi connectivity index (χ2v) is 5.27. The summed E-state index contributed by atoms with van der Waals surface area (Å²) in [5.41, 5.74) is 0.890. The van der Waals surface area contributed by atoms with Crippen LogP contribution in [0.3, 0.4) is 0 Å². The molecule has 124 valence electrons. The van der Waals surface area contributed by atoms with Gasteiger partial charge in [0.15, 0.2) is 11.7 Å². The monoisotopic (exact) mass is 318 g/mol. The molecule has 1 aromatic heterocycles. The van der Waals surface area contributed by atoms with Gasteiger partial charge in [-0.2, -0.15) is 0 Å². The van der Waals surface area contributed by atoms with E-state index in [9.17, 15) is 4.79 Å². The molecule has 1 heterocycles. The number of amides is 1. The largest absolute Gasteiger partial charge is 0.497 e. The van der Waals surface area contributed by atoms with E-state index in [0.29, 0.717) is 31.1 Å². The van der Waals surface area contributed by atoms with E-state index in [4.69, 9.17) is 13.9 Å². The highest BCUT2D eigenvalue weighted by molar-refractivity contribution is 5.76. The average Bonchev–Trinajstić information content (AvgIpc) is 3.02. The number of nitrogens with zero attached hydrogens (tertiary/aromatic N) is 1. The van der Waals surface area contributed by atoms with E-state index < -0.39 is 0 Å². The summed E-state index contributed by atoms with van der Waals surface area (Å²) in [6.45, 7) is 2.39. The van der Waals surface area contributed by atoms with E-state index in [1.165, 1.54) is 0 Å². The fraction of sp³-hybridized carbons (Fsp3) is 0.412. The van der Waals surface area contributed by atoms with Gasteiger partial charge >= 0.3 is 0 Å². The normalized spacial score (nSPS) is 12.0. The van der Waals surface area contributed by atoms with Crippen LogP contribution in [-0.2, 0) is 16.0 Å². The number of oxazole rings is 1. The lowest BCUT2D eigenvalue weighted by molar-refractivity contribution is -0.122. The third kappa shape index (κ3) is 5.10. The van der Waals surface area contributed by atoms with Crippen LogP contribution in [0.15, 0.2) is 34.9 Å². The summed E-state index contributed by atoms with van der Waals surface area (Å²) in [5.74, 6) is 1.91. The van der Waals surface area contributed by atoms with Crippen molar-refractivity contribution in [2.75, 3.05) is 20.8 Å². The van der Waals surface area contributed by atoms with Gasteiger partial charge in [-0.3, -0.25) is 4.79 Å². The summed E-state index contributed by atoms with van der Waals surface area (Å²) in [6, 6.07) is 7.55. The number of aromatic nitrogens is 1. The first-order chi connectivity index (χ1) is 11.1. The molecule has 0 aliphatic heterocycles. The Kier molecular flexibility index (Phi) is 6.17. The van der Waals surface area contributed by atoms with Gasteiger partial charge in [-0.15, -0.1) is 0 Å². The van der Waals surface area contributed by atoms with E-state index in [1.807, 2.05) is 31.2 Å². The number of hydrogen-bond acceptors (Lipinski definition) is 5. The molecule has 0 spiro atoms. The molecule has 1 amide bonds. The van der Waals surface area contributed by atoms with Gasteiger partial charge in [0.1, 0.15) is 5.75 Å². The maximum atomic E-state index is 11.8. The molecular weight excluding hydrogens is 296 g/mol. The number of carbonyl (C=O) groups is 1. The molecule has 2 aromatic rings. The zero-order valence-corrected chi connectivity index (χ0v) is 13.7. The van der Waals surface area contributed by atoms with Gasteiger partial charge in [-0.25, -0.2) is 4.98 Å². The van der Waals surface area contributed by atoms with Gasteiger partial charge in [0.25, 0.3) is 0 Å². The summed E-state index contributed by atoms with van der Waals surface area (Å²) in [4.78, 5) is 16.0. The number of ether oxygens (including phenoxy) is 2. The number of aryl methyl sites for hydroxylation is 1. The molecule has 6 nitrogen and oxygen atoms in total. The summed E-state index contributed by atoms with van der Waals surface area (Å²) in [7, 11) is 3.23. The molecule has 1 aromatic carbocycles. The van der Waals surface area contributed by atoms with Gasteiger partial charge in [0, 0.05) is 31.6 Å². The molecule has 0 unspecified atom stereocenters. The zero-order valence-electron chi connectivity index (χ0n) is 13.7. The van der Waals surface area contributed by atoms with Crippen molar-refractivity contribution >= 4 is 5.91 Å². The molecule has 23 heavy (non-hydrogen) atoms. The van der Waals surface area contributed by atoms with Crippen LogP contribution in [0, 0.1) is 0 Å². The van der Waals surface area contributed by atoms with Crippen LogP contribution in [0.2, 0.25) is 0 Å². The van der Waals surface area contributed by atoms with E-state index in [-0.39, 0.29) is 11.9 Å². The predicted octanol–water partition coefficient (Wildman–Crippen LogP) is 2.43. The van der Waals surface area contributed by atoms with Crippen molar-refractivity contribution in [2.45, 2.75) is 25.8 Å². The van der Waals surface area contributed by atoms with E-state index in [1.54, 1.807) is 20.4 Å². The van der Waals surface area contributed by atoms with Crippen molar-refractivity contribution in [3.63, 3.8) is 0 Å². The van der Waals surface area contributed by atoms with Crippen molar-refractivity contribution in [1.29, 1.82) is 0 Å². The summed E-state index contributed by atoms with van der Waals surface area (Å²) in [5, 5.41) is 2.85. The smallest absolute Gasteiger partial charge is 0.220 e. The third-order valence-electron chi connectivity index (χ3n) is 3.30. The lowest BCUT2D eigenvalue weighted by Gasteiger charge is -2.11. The van der Waals surface area contributed by atoms with Gasteiger partial charge in [-0.1, -0.05) is 12.1 Å². The molecular formula is C17H22N2O4. The standard InChI is InChI=1S/C17H22N2O4/c1-12(11-21-2)19-16(20)7-8-17-18-10-15(23-17)13-5-4-6-14(9-13)22-3/h4-6,9-10,12H,7-8,11H2,1-3H3,(H,19,20)/t12-/m1/s1. The number of nitrogens with one attached hydrogen (secondary N) is 1. The Balaban J connectivity index is 1.91. The van der Waals surface area contributed by atoms with Gasteiger partial charge < -0.3 is 19.2 Å². The summed E-state index contributed by atoms with van der Waals surface area (Å²) in [6.07, 6.45) is 2.44. The fourth-order valence-corrected chi connectivity index (χ4v) is 2.19. The molecule has 0 fully saturated rings. The van der Waals surface area contributed by atoms with Crippen LogP contribution >= 0.6 is 0 Å². The first-order valence-electron chi connectivity index (χ1n) is 7.49. The molecule has 0 radical (unpaired) electrons. The van der Waals surface area contributed by atoms with Crippen molar-refractivity contribution in [1.82, 2.24) is 10.3 Å². The van der Waals surface area contributed by atoms with Crippen molar-refractivity contribution in [3.05, 3.63) is 36.4 Å². The van der Waals surface area contributed by atoms with Crippen LogP contribution < -0.4 is 10.1 Å². The Hall–Kier alpha value is -2.34. The summed E-state index contributed by atoms with van der Waals surface area (Å²) < 4.78 is 15.9. The first-order valence-corrected chi connectivity index (χ1v) is 7.49. The van der Waals surface area contributed by atoms with Crippen molar-refractivity contribution < 1.29 is 18.7 Å². The van der Waals surface area contributed by atoms with Gasteiger partial charge in [0.05, 0.1) is 19.9 Å². The minimum atomic E-state index is -0.0457. The second-order valence-electron chi connectivity index (χ2n) is 5.27. The first kappa shape index (κ1) is 17.0. The molecule has 0 aliphatic rings. The predicted molar refractivity (Wildman–Crippen MR) is 86.3 cm³/mol. The quantitative estimate of drug-likeness (QED) is 0.809. The van der Waals surface area contributed by atoms with Crippen molar-refractivity contribution in [3.8, 4) is 17.1 Å². The molecule has 0 bridgehead atoms. The molecule has 6 heteroatoms. The third-order valence-corrected chi connectivity index (χ3v) is 3.30. The topological polar surface area (TPSA) is 73.6 Å². The number of hydrogen-bond donors (Lipinski definition) is 1. The number of rotatable bonds is 8. The number of carbonyl (C=O) groups excluding carboxylic acids is 1. The minimum Gasteiger partial charge on any atom is -0.497 e. The molecule has 1 atom stereocenters. The Bertz CT molecular complexity index is 639. The maximum Gasteiger partial charge on any atom is 0.220 e. The van der Waals surface area contributed by atoms with Gasteiger partial charge in [0.2, 0.25) is 5.91 Å². The highest BCUT2D eigenvalue weighted by atomic mass is 16.5. The van der Waals surface area contributed by atoms with E-state index in [0.717, 1.165) is 11.3 Å². The van der Waals surface area contributed by atoms with Gasteiger partial charge in [-0.05, 0) is 19.1 Å². The van der Waals surface area contributed by atoms with Crippen LogP contribution in [0.25, 0.3) is 11.3 Å². The molecule has 1 N–H and O–H groups in total. The number of benzene rings is 1. The molecule has 0 saturated heterocycles. The SMILES string of the molecule is COC[C@@H](C)NC(=O)CCc1ncc(-c2cccc(OC)c2)o1. The summed E-state index contributed by atoms with van der Waals surface area (Å²) >= 11 is 0. The lowest BCUT2D eigenvalue weighted by Crippen LogP contribution is -2.35. The molecule has 0 aliphatic carbocycles. The lowest BCUT2D eigenvalue weighted by atomic mass is 10.2. The highest BCUT2D eigenvalue weighted by Crippen LogP contribution is 2.24. The highest BCUT2D eigenvalue weighted by Gasteiger charge is 2.11. The second kappa shape index (κ2) is 8.33. The maximum absolute atomic E-state index is 11.8. The number of methoxy groups -OCH3 is 2. The zero-order chi connectivity index (χ0) is 16.7. The Labute approximate surface area is 135 Å². The van der Waals surface area contributed by atoms with E-state index >= 15 is 0 Å². The van der Waals surface area contributed by atoms with Crippen LogP contribution in [0.1, 0.15) is 19.2 Å². The van der Waals surface area contributed by atoms with Crippen molar-refractivity contribution in [2.24, 2.45) is 0 Å². The van der Waals surface area contributed by atoms with E-state index in [2.05, 4.69) is 10.3 Å². The fourth-order valence-electron chi connectivity index (χ4n) is 2.19.